The molecule has 34 valence electrons. The quantitative estimate of drug-likeness (QED) is 0.385. The van der Waals surface area contributed by atoms with Gasteiger partial charge in [0.15, 0.2) is 0 Å². The third-order valence-corrected chi connectivity index (χ3v) is 0.474. The summed E-state index contributed by atoms with van der Waals surface area (Å²) >= 11 is 0. The van der Waals surface area contributed by atoms with Gasteiger partial charge in [-0.15, -0.1) is 0 Å². The van der Waals surface area contributed by atoms with Gasteiger partial charge in [-0.2, -0.15) is 0 Å². The van der Waals surface area contributed by atoms with Crippen LogP contribution in [0, 0.1) is 0 Å². The molecule has 0 radical (unpaired) electrons. The number of hydrogen-bond donors (Lipinski definition) is 0. The zero-order valence-corrected chi connectivity index (χ0v) is 4.65. The molecule has 0 aromatic carbocycles. The molecule has 0 aromatic heterocycles. The van der Waals surface area contributed by atoms with Crippen LogP contribution in [-0.4, -0.2) is 13.2 Å². The van der Waals surface area contributed by atoms with Crippen LogP contribution in [0.4, 0.5) is 0 Å². The van der Waals surface area contributed by atoms with E-state index >= 15 is 0 Å². The van der Waals surface area contributed by atoms with Crippen LogP contribution in [0.3, 0.4) is 0 Å². The molecule has 0 aromatic rings. The monoisotopic (exact) mass is 83.1 g/mol. The molecule has 0 bridgehead atoms. The summed E-state index contributed by atoms with van der Waals surface area (Å²) in [6.07, 6.45) is 0. The third kappa shape index (κ3) is 3.86. The van der Waals surface area contributed by atoms with Crippen LogP contribution in [0.15, 0.2) is 4.90 Å². The molecule has 0 spiro atoms. The molecular weight excluding hydrogens is 72.9 g/mol. The topological polar surface area (TPSA) is 12.4 Å². The molecule has 0 saturated heterocycles. The van der Waals surface area contributed by atoms with Gasteiger partial charge in [-0.25, -0.2) is 0 Å². The second-order valence-electron chi connectivity index (χ2n) is 2.33. The van der Waals surface area contributed by atoms with Gasteiger partial charge in [-0.3, -0.25) is 0 Å². The molecule has 0 aliphatic heterocycles. The van der Waals surface area contributed by atoms with Crippen LogP contribution >= 0.6 is 0 Å². The minimum atomic E-state index is 0.0556. The van der Waals surface area contributed by atoms with Crippen molar-refractivity contribution in [1.29, 1.82) is 0 Å². The first-order valence-electron chi connectivity index (χ1n) is 2.04. The first-order chi connectivity index (χ1) is 2.56. The summed E-state index contributed by atoms with van der Waals surface area (Å²) in [4.78, 5) is 3.77. The minimum absolute atomic E-state index is 0.0556. The predicted octanol–water partition coefficient (Wildman–Crippen LogP) is 0.869. The molecule has 0 fully saturated rings. The number of rotatable bonds is 0. The molecule has 6 heavy (non-hydrogen) atoms. The van der Waals surface area contributed by atoms with Gasteiger partial charge >= 0.3 is 38.8 Å². The van der Waals surface area contributed by atoms with Gasteiger partial charge in [0.2, 0.25) is 0 Å². The summed E-state index contributed by atoms with van der Waals surface area (Å²) in [6, 6.07) is 0. The average molecular weight is 82.9 g/mol. The van der Waals surface area contributed by atoms with E-state index in [1.165, 1.54) is 0 Å². The van der Waals surface area contributed by atoms with E-state index in [1.54, 1.807) is 0 Å². The average Bonchev–Trinajstić information content (AvgIpc) is 1.35. The van der Waals surface area contributed by atoms with Crippen molar-refractivity contribution in [3.05, 3.63) is 0 Å². The molecule has 0 rings (SSSR count). The van der Waals surface area contributed by atoms with Crippen molar-refractivity contribution < 1.29 is 0 Å². The molecule has 0 heterocycles. The van der Waals surface area contributed by atoms with Crippen molar-refractivity contribution >= 4 is 7.64 Å². The molecule has 1 nitrogen and oxygen atoms in total. The molecule has 2 heteroatoms. The van der Waals surface area contributed by atoms with E-state index in [1.807, 2.05) is 20.8 Å². The Kier molecular flexibility index (Phi) is 1.51. The Labute approximate surface area is 39.9 Å². The normalized spacial score (nSPS) is 11.0. The summed E-state index contributed by atoms with van der Waals surface area (Å²) in [6.45, 7) is 6.04. The van der Waals surface area contributed by atoms with E-state index in [4.69, 9.17) is 0 Å². The van der Waals surface area contributed by atoms with Crippen molar-refractivity contribution in [2.45, 2.75) is 26.3 Å². The van der Waals surface area contributed by atoms with Gasteiger partial charge in [0.1, 0.15) is 0 Å². The Bertz CT molecular complexity index is 53.1. The SMILES string of the molecule is B=NC(C)(C)C. The van der Waals surface area contributed by atoms with E-state index in [2.05, 4.69) is 12.5 Å². The van der Waals surface area contributed by atoms with Gasteiger partial charge in [0.05, 0.1) is 0 Å². The van der Waals surface area contributed by atoms with Crippen LogP contribution in [0.1, 0.15) is 20.8 Å². The molecule has 0 N–H and O–H groups in total. The zero-order chi connectivity index (χ0) is 5.21. The first kappa shape index (κ1) is 5.86. The molecule has 0 atom stereocenters. The van der Waals surface area contributed by atoms with Crippen molar-refractivity contribution in [3.8, 4) is 0 Å². The molecule has 0 aliphatic carbocycles. The summed E-state index contributed by atoms with van der Waals surface area (Å²) in [7, 11) is 3.38. The Morgan fingerprint density at radius 3 is 1.50 bits per heavy atom. The maximum absolute atomic E-state index is 3.77. The fourth-order valence-corrected chi connectivity index (χ4v) is 0. The van der Waals surface area contributed by atoms with Crippen molar-refractivity contribution in [1.82, 2.24) is 0 Å². The van der Waals surface area contributed by atoms with E-state index < -0.39 is 0 Å². The van der Waals surface area contributed by atoms with Crippen molar-refractivity contribution in [3.63, 3.8) is 0 Å². The van der Waals surface area contributed by atoms with E-state index in [9.17, 15) is 0 Å². The fourth-order valence-electron chi connectivity index (χ4n) is 0. The van der Waals surface area contributed by atoms with Crippen LogP contribution in [-0.2, 0) is 0 Å². The Balaban J connectivity index is 3.45. The van der Waals surface area contributed by atoms with E-state index in [-0.39, 0.29) is 5.54 Å². The standard InChI is InChI=1S/C4H10BN/c1-4(2,3)6-5/h5H,1-3H3. The Morgan fingerprint density at radius 1 is 1.33 bits per heavy atom. The van der Waals surface area contributed by atoms with E-state index in [0.717, 1.165) is 0 Å². The number of hydrogen-bond acceptors (Lipinski definition) is 1. The maximum atomic E-state index is 3.77. The summed E-state index contributed by atoms with van der Waals surface area (Å²) in [5.74, 6) is 0. The van der Waals surface area contributed by atoms with Crippen LogP contribution < -0.4 is 0 Å². The van der Waals surface area contributed by atoms with Gasteiger partial charge < -0.3 is 0 Å². The second kappa shape index (κ2) is 1.54. The van der Waals surface area contributed by atoms with Crippen LogP contribution in [0.2, 0.25) is 0 Å². The van der Waals surface area contributed by atoms with Gasteiger partial charge in [-0.05, 0) is 0 Å². The van der Waals surface area contributed by atoms with Gasteiger partial charge in [0, 0.05) is 0 Å². The Hall–Kier alpha value is -0.135. The third-order valence-electron chi connectivity index (χ3n) is 0.474. The summed E-state index contributed by atoms with van der Waals surface area (Å²) in [5, 5.41) is 0. The molecular formula is C4H10BN. The van der Waals surface area contributed by atoms with Crippen molar-refractivity contribution in [2.75, 3.05) is 0 Å². The van der Waals surface area contributed by atoms with Crippen molar-refractivity contribution in [2.24, 2.45) is 4.90 Å². The molecule has 0 amide bonds. The number of nitrogens with zero attached hydrogens (tertiary/aromatic N) is 1. The molecule has 0 unspecified atom stereocenters. The predicted molar refractivity (Wildman–Crippen MR) is 29.3 cm³/mol. The van der Waals surface area contributed by atoms with E-state index in [0.29, 0.717) is 0 Å². The van der Waals surface area contributed by atoms with Gasteiger partial charge in [-0.1, -0.05) is 0 Å². The summed E-state index contributed by atoms with van der Waals surface area (Å²) < 4.78 is 0. The molecule has 0 aliphatic rings. The molecule has 0 saturated carbocycles. The van der Waals surface area contributed by atoms with Gasteiger partial charge in [0.25, 0.3) is 0 Å². The fraction of sp³-hybridized carbons (Fsp3) is 1.00. The van der Waals surface area contributed by atoms with Crippen LogP contribution in [0.5, 0.6) is 0 Å². The second-order valence-corrected chi connectivity index (χ2v) is 2.33. The summed E-state index contributed by atoms with van der Waals surface area (Å²) in [5.41, 5.74) is 0.0556. The van der Waals surface area contributed by atoms with Crippen LogP contribution in [0.25, 0.3) is 0 Å². The zero-order valence-electron chi connectivity index (χ0n) is 4.65. The Morgan fingerprint density at radius 2 is 1.50 bits per heavy atom. The first-order valence-corrected chi connectivity index (χ1v) is 2.04.